The monoisotopic (exact) mass is 169 g/mol. The molecule has 0 spiro atoms. The zero-order chi connectivity index (χ0) is 8.59. The van der Waals surface area contributed by atoms with Crippen molar-refractivity contribution in [1.29, 1.82) is 0 Å². The number of hydrogen-bond donors (Lipinski definition) is 1. The van der Waals surface area contributed by atoms with E-state index in [1.54, 1.807) is 0 Å². The summed E-state index contributed by atoms with van der Waals surface area (Å²) < 4.78 is 60.0. The fourth-order valence-electron chi connectivity index (χ4n) is 0.550. The molecule has 1 aliphatic heterocycles. The van der Waals surface area contributed by atoms with Crippen LogP contribution in [0.2, 0.25) is 0 Å². The van der Waals surface area contributed by atoms with Gasteiger partial charge >= 0.3 is 7.12 Å². The van der Waals surface area contributed by atoms with Crippen molar-refractivity contribution in [2.24, 2.45) is 0 Å². The smallest absolute Gasteiger partial charge is 0.368 e. The molecule has 1 rings (SSSR count). The molecule has 0 radical (unpaired) electrons. The van der Waals surface area contributed by atoms with Crippen molar-refractivity contribution in [2.75, 3.05) is 0 Å². The van der Waals surface area contributed by atoms with Gasteiger partial charge in [0.05, 0.1) is 0 Å². The van der Waals surface area contributed by atoms with Crippen LogP contribution < -0.4 is 5.23 Å². The van der Waals surface area contributed by atoms with Crippen LogP contribution in [0.5, 0.6) is 0 Å². The van der Waals surface area contributed by atoms with Crippen LogP contribution in [-0.4, -0.2) is 7.12 Å². The van der Waals surface area contributed by atoms with E-state index in [0.29, 0.717) is 0 Å². The molecule has 1 nitrogen and oxygen atoms in total. The minimum absolute atomic E-state index is 1.11. The molecule has 0 amide bonds. The summed E-state index contributed by atoms with van der Waals surface area (Å²) in [6.45, 7) is 0. The Morgan fingerprint density at radius 1 is 1.00 bits per heavy atom. The molecule has 0 aromatic carbocycles. The topological polar surface area (TPSA) is 12.0 Å². The lowest BCUT2D eigenvalue weighted by atomic mass is 9.83. The number of hydrogen-bond acceptors (Lipinski definition) is 1. The first-order valence-electron chi connectivity index (χ1n) is 2.55. The Hall–Kier alpha value is -1.01. The predicted molar refractivity (Wildman–Crippen MR) is 28.5 cm³/mol. The zero-order valence-electron chi connectivity index (χ0n) is 4.97. The van der Waals surface area contributed by atoms with Crippen LogP contribution in [0.25, 0.3) is 0 Å². The van der Waals surface area contributed by atoms with Crippen LogP contribution in [-0.2, 0) is 0 Å². The molecule has 1 N–H and O–H groups in total. The van der Waals surface area contributed by atoms with E-state index in [0.717, 1.165) is 5.23 Å². The predicted octanol–water partition coefficient (Wildman–Crippen LogP) is 1.85. The second-order valence-corrected chi connectivity index (χ2v) is 1.80. The van der Waals surface area contributed by atoms with Crippen molar-refractivity contribution in [3.63, 3.8) is 0 Å². The van der Waals surface area contributed by atoms with Crippen LogP contribution >= 0.6 is 0 Å². The lowest BCUT2D eigenvalue weighted by molar-refractivity contribution is 0.441. The third-order valence-electron chi connectivity index (χ3n) is 1.07. The number of halogens is 5. The minimum Gasteiger partial charge on any atom is -0.368 e. The Labute approximate surface area is 58.7 Å². The Bertz CT molecular complexity index is 247. The summed E-state index contributed by atoms with van der Waals surface area (Å²) >= 11 is 0. The van der Waals surface area contributed by atoms with Crippen molar-refractivity contribution in [1.82, 2.24) is 5.23 Å². The van der Waals surface area contributed by atoms with Crippen LogP contribution in [0.3, 0.4) is 0 Å². The summed E-state index contributed by atoms with van der Waals surface area (Å²) in [6, 6.07) is 0. The summed E-state index contributed by atoms with van der Waals surface area (Å²) in [7, 11) is -2.64. The standard InChI is InChI=1S/C4HBF5N/c6-1-2(7)4(9)11-5(10)3(1)8/h11H. The first kappa shape index (κ1) is 8.09. The first-order valence-corrected chi connectivity index (χ1v) is 2.55. The Balaban J connectivity index is 3.07. The summed E-state index contributed by atoms with van der Waals surface area (Å²) in [5.41, 5.74) is -1.98. The molecule has 60 valence electrons. The Morgan fingerprint density at radius 3 is 2.09 bits per heavy atom. The maximum Gasteiger partial charge on any atom is 0.526 e. The van der Waals surface area contributed by atoms with Crippen LogP contribution in [0.1, 0.15) is 0 Å². The van der Waals surface area contributed by atoms with Gasteiger partial charge < -0.3 is 5.23 Å². The van der Waals surface area contributed by atoms with E-state index in [1.165, 1.54) is 0 Å². The average molecular weight is 169 g/mol. The van der Waals surface area contributed by atoms with Crippen molar-refractivity contribution in [3.05, 3.63) is 23.3 Å². The van der Waals surface area contributed by atoms with E-state index >= 15 is 0 Å². The molecule has 0 aromatic rings. The maximum atomic E-state index is 12.0. The fraction of sp³-hybridized carbons (Fsp3) is 0. The molecule has 1 heterocycles. The SMILES string of the molecule is FB1NC(F)=C(F)C(F)=C1F. The second-order valence-electron chi connectivity index (χ2n) is 1.80. The molecule has 0 aliphatic carbocycles. The third-order valence-corrected chi connectivity index (χ3v) is 1.07. The van der Waals surface area contributed by atoms with Gasteiger partial charge in [-0.25, -0.2) is 8.78 Å². The lowest BCUT2D eigenvalue weighted by Gasteiger charge is -2.10. The quantitative estimate of drug-likeness (QED) is 0.331. The summed E-state index contributed by atoms with van der Waals surface area (Å²) in [4.78, 5) is 0. The van der Waals surface area contributed by atoms with E-state index in [-0.39, 0.29) is 0 Å². The number of rotatable bonds is 0. The van der Waals surface area contributed by atoms with Crippen LogP contribution in [0.15, 0.2) is 23.3 Å². The second kappa shape index (κ2) is 2.56. The van der Waals surface area contributed by atoms with Crippen molar-refractivity contribution in [2.45, 2.75) is 0 Å². The summed E-state index contributed by atoms with van der Waals surface area (Å²) in [5, 5.41) is 1.11. The molecule has 0 aromatic heterocycles. The minimum atomic E-state index is -2.64. The van der Waals surface area contributed by atoms with Gasteiger partial charge in [-0.05, 0) is 0 Å². The van der Waals surface area contributed by atoms with Gasteiger partial charge in [0, 0.05) is 0 Å². The fourth-order valence-corrected chi connectivity index (χ4v) is 0.550. The average Bonchev–Trinajstić information content (AvgIpc) is 1.97. The highest BCUT2D eigenvalue weighted by Gasteiger charge is 2.35. The van der Waals surface area contributed by atoms with Crippen molar-refractivity contribution >= 4 is 7.12 Å². The zero-order valence-corrected chi connectivity index (χ0v) is 4.97. The molecule has 11 heavy (non-hydrogen) atoms. The molecule has 1 aliphatic rings. The molecule has 0 saturated heterocycles. The Kier molecular flexibility index (Phi) is 1.88. The normalized spacial score (nSPS) is 19.2. The molecule has 0 saturated carbocycles. The molecule has 0 fully saturated rings. The molecule has 0 unspecified atom stereocenters. The number of nitrogens with one attached hydrogen (secondary N) is 1. The van der Waals surface area contributed by atoms with Gasteiger partial charge in [0.1, 0.15) is 0 Å². The van der Waals surface area contributed by atoms with E-state index in [4.69, 9.17) is 0 Å². The molecule has 7 heteroatoms. The highest BCUT2D eigenvalue weighted by molar-refractivity contribution is 6.57. The summed E-state index contributed by atoms with van der Waals surface area (Å²) in [6.07, 6.45) is 0. The molecular formula is C4HBF5N. The molecule has 0 atom stereocenters. The van der Waals surface area contributed by atoms with Gasteiger partial charge in [-0.15, -0.1) is 0 Å². The molecule has 0 bridgehead atoms. The largest absolute Gasteiger partial charge is 0.526 e. The van der Waals surface area contributed by atoms with Gasteiger partial charge in [0.2, 0.25) is 11.8 Å². The van der Waals surface area contributed by atoms with E-state index < -0.39 is 30.5 Å². The first-order chi connectivity index (χ1) is 5.04. The third kappa shape index (κ3) is 1.22. The Morgan fingerprint density at radius 2 is 1.55 bits per heavy atom. The maximum absolute atomic E-state index is 12.0. The summed E-state index contributed by atoms with van der Waals surface area (Å²) in [5.74, 6) is -6.01. The van der Waals surface area contributed by atoms with Crippen molar-refractivity contribution < 1.29 is 21.9 Å². The lowest BCUT2D eigenvalue weighted by Crippen LogP contribution is -2.33. The van der Waals surface area contributed by atoms with E-state index in [1.807, 2.05) is 0 Å². The van der Waals surface area contributed by atoms with Gasteiger partial charge in [-0.2, -0.15) is 8.78 Å². The van der Waals surface area contributed by atoms with Crippen molar-refractivity contribution in [3.8, 4) is 0 Å². The van der Waals surface area contributed by atoms with E-state index in [2.05, 4.69) is 0 Å². The highest BCUT2D eigenvalue weighted by Crippen LogP contribution is 2.27. The highest BCUT2D eigenvalue weighted by atomic mass is 19.2. The van der Waals surface area contributed by atoms with Gasteiger partial charge in [-0.1, -0.05) is 0 Å². The van der Waals surface area contributed by atoms with E-state index in [9.17, 15) is 21.9 Å². The van der Waals surface area contributed by atoms with Crippen LogP contribution in [0.4, 0.5) is 21.9 Å². The number of allylic oxidation sites excluding steroid dienone is 2. The van der Waals surface area contributed by atoms with Gasteiger partial charge in [-0.3, -0.25) is 4.32 Å². The van der Waals surface area contributed by atoms with Gasteiger partial charge in [0.25, 0.3) is 0 Å². The van der Waals surface area contributed by atoms with Gasteiger partial charge in [0.15, 0.2) is 11.6 Å². The molecular weight excluding hydrogens is 168 g/mol. The van der Waals surface area contributed by atoms with Crippen LogP contribution in [0, 0.1) is 0 Å².